The summed E-state index contributed by atoms with van der Waals surface area (Å²) in [6.07, 6.45) is -3.20. The molecule has 2 aromatic rings. The van der Waals surface area contributed by atoms with Gasteiger partial charge < -0.3 is 15.5 Å². The minimum Gasteiger partial charge on any atom is -0.342 e. The van der Waals surface area contributed by atoms with Crippen molar-refractivity contribution >= 4 is 29.3 Å². The molecular formula is C21H22F3N5O3. The van der Waals surface area contributed by atoms with Crippen LogP contribution in [0, 0.1) is 5.92 Å². The van der Waals surface area contributed by atoms with Gasteiger partial charge in [-0.3, -0.25) is 19.4 Å². The van der Waals surface area contributed by atoms with Gasteiger partial charge in [-0.25, -0.2) is 0 Å². The third-order valence-electron chi connectivity index (χ3n) is 5.83. The van der Waals surface area contributed by atoms with Gasteiger partial charge in [0, 0.05) is 19.5 Å². The van der Waals surface area contributed by atoms with E-state index in [2.05, 4.69) is 27.5 Å². The second-order valence-corrected chi connectivity index (χ2v) is 8.16. The number of halogens is 3. The minimum absolute atomic E-state index is 0.0390. The van der Waals surface area contributed by atoms with E-state index in [4.69, 9.17) is 0 Å². The van der Waals surface area contributed by atoms with Crippen LogP contribution in [0.1, 0.15) is 43.2 Å². The van der Waals surface area contributed by atoms with Crippen LogP contribution in [0.4, 0.5) is 30.6 Å². The first-order chi connectivity index (χ1) is 15.1. The number of alkyl halides is 3. The number of hydrogen-bond donors (Lipinski definition) is 3. The summed E-state index contributed by atoms with van der Waals surface area (Å²) in [6.45, 7) is 3.52. The molecule has 0 radical (unpaired) electrons. The number of amides is 2. The van der Waals surface area contributed by atoms with Gasteiger partial charge >= 0.3 is 6.18 Å². The molecule has 0 spiro atoms. The fraction of sp³-hybridized carbons (Fsp3) is 0.429. The molecule has 1 saturated heterocycles. The quantitative estimate of drug-likeness (QED) is 0.668. The zero-order valence-corrected chi connectivity index (χ0v) is 17.3. The lowest BCUT2D eigenvalue weighted by Crippen LogP contribution is -2.39. The van der Waals surface area contributed by atoms with Gasteiger partial charge in [0.2, 0.25) is 17.8 Å². The Hall–Kier alpha value is -3.37. The fourth-order valence-electron chi connectivity index (χ4n) is 4.01. The van der Waals surface area contributed by atoms with Crippen LogP contribution in [0.3, 0.4) is 0 Å². The molecule has 170 valence electrons. The lowest BCUT2D eigenvalue weighted by atomic mass is 9.92. The first-order valence-corrected chi connectivity index (χ1v) is 10.3. The van der Waals surface area contributed by atoms with E-state index in [-0.39, 0.29) is 17.8 Å². The summed E-state index contributed by atoms with van der Waals surface area (Å²) >= 11 is 0. The van der Waals surface area contributed by atoms with Crippen molar-refractivity contribution in [2.45, 2.75) is 38.3 Å². The van der Waals surface area contributed by atoms with Crippen molar-refractivity contribution < 1.29 is 22.8 Å². The molecule has 8 nitrogen and oxygen atoms in total. The highest BCUT2D eigenvalue weighted by Gasteiger charge is 2.38. The van der Waals surface area contributed by atoms with Crippen molar-refractivity contribution in [3.8, 4) is 0 Å². The van der Waals surface area contributed by atoms with Gasteiger partial charge in [-0.05, 0) is 30.9 Å². The lowest BCUT2D eigenvalue weighted by molar-refractivity contribution is -0.137. The largest absolute Gasteiger partial charge is 0.418 e. The minimum atomic E-state index is -4.68. The van der Waals surface area contributed by atoms with Crippen LogP contribution in [-0.2, 0) is 15.8 Å². The molecule has 1 aromatic heterocycles. The maximum Gasteiger partial charge on any atom is 0.418 e. The number of hydrogen-bond acceptors (Lipinski definition) is 5. The number of nitrogens with zero attached hydrogens (tertiary/aromatic N) is 2. The second-order valence-electron chi connectivity index (χ2n) is 8.16. The summed E-state index contributed by atoms with van der Waals surface area (Å²) < 4.78 is 39.8. The van der Waals surface area contributed by atoms with Gasteiger partial charge in [0.15, 0.2) is 0 Å². The molecule has 3 heterocycles. The number of piperidine rings is 1. The number of fused-ring (bicyclic) bond motifs is 1. The predicted molar refractivity (Wildman–Crippen MR) is 112 cm³/mol. The zero-order valence-electron chi connectivity index (χ0n) is 17.3. The maximum absolute atomic E-state index is 13.3. The zero-order chi connectivity index (χ0) is 23.0. The van der Waals surface area contributed by atoms with Crippen LogP contribution >= 0.6 is 0 Å². The Morgan fingerprint density at radius 1 is 1.19 bits per heavy atom. The highest BCUT2D eigenvalue weighted by molar-refractivity contribution is 6.04. The Morgan fingerprint density at radius 3 is 2.56 bits per heavy atom. The number of nitrogens with one attached hydrogen (secondary N) is 3. The number of carbonyl (C=O) groups excluding carboxylic acids is 2. The Balaban J connectivity index is 1.65. The van der Waals surface area contributed by atoms with E-state index >= 15 is 0 Å². The summed E-state index contributed by atoms with van der Waals surface area (Å²) in [5.41, 5.74) is -2.13. The highest BCUT2D eigenvalue weighted by Crippen LogP contribution is 2.36. The SMILES string of the molecule is CC1CCN(c2nc3c(c(=O)[nH]2)C(C(=O)Nc2ccccc2C(F)(F)F)CC(=O)N3)CC1. The Morgan fingerprint density at radius 2 is 1.88 bits per heavy atom. The van der Waals surface area contributed by atoms with Crippen LogP contribution in [-0.4, -0.2) is 34.9 Å². The molecule has 4 rings (SSSR count). The van der Waals surface area contributed by atoms with Crippen LogP contribution in [0.2, 0.25) is 0 Å². The van der Waals surface area contributed by atoms with Crippen LogP contribution in [0.5, 0.6) is 0 Å². The Kier molecular flexibility index (Phi) is 5.66. The molecule has 0 bridgehead atoms. The number of H-pyrrole nitrogens is 1. The van der Waals surface area contributed by atoms with E-state index in [1.165, 1.54) is 12.1 Å². The van der Waals surface area contributed by atoms with Crippen molar-refractivity contribution in [1.29, 1.82) is 0 Å². The lowest BCUT2D eigenvalue weighted by Gasteiger charge is -2.31. The summed E-state index contributed by atoms with van der Waals surface area (Å²) in [4.78, 5) is 46.9. The van der Waals surface area contributed by atoms with Gasteiger partial charge in [0.25, 0.3) is 5.56 Å². The number of benzene rings is 1. The molecule has 1 aromatic carbocycles. The smallest absolute Gasteiger partial charge is 0.342 e. The average molecular weight is 449 g/mol. The molecule has 1 unspecified atom stereocenters. The van der Waals surface area contributed by atoms with Crippen molar-refractivity contribution in [1.82, 2.24) is 9.97 Å². The molecule has 2 aliphatic heterocycles. The molecule has 11 heteroatoms. The summed E-state index contributed by atoms with van der Waals surface area (Å²) in [6, 6.07) is 4.52. The van der Waals surface area contributed by atoms with E-state index in [9.17, 15) is 27.6 Å². The highest BCUT2D eigenvalue weighted by atomic mass is 19.4. The van der Waals surface area contributed by atoms with E-state index < -0.39 is 40.7 Å². The van der Waals surface area contributed by atoms with Crippen molar-refractivity contribution in [2.75, 3.05) is 28.6 Å². The Labute approximate surface area is 181 Å². The Bertz CT molecular complexity index is 1110. The van der Waals surface area contributed by atoms with E-state index in [1.54, 1.807) is 0 Å². The normalized spacial score (nSPS) is 19.3. The molecular weight excluding hydrogens is 427 g/mol. The molecule has 1 atom stereocenters. The fourth-order valence-corrected chi connectivity index (χ4v) is 4.01. The molecule has 1 fully saturated rings. The van der Waals surface area contributed by atoms with Gasteiger partial charge in [0.1, 0.15) is 5.82 Å². The summed E-state index contributed by atoms with van der Waals surface area (Å²) in [5, 5.41) is 4.75. The van der Waals surface area contributed by atoms with E-state index in [0.717, 1.165) is 25.0 Å². The number of para-hydroxylation sites is 1. The number of carbonyl (C=O) groups is 2. The molecule has 2 amide bonds. The van der Waals surface area contributed by atoms with Crippen molar-refractivity contribution in [2.24, 2.45) is 5.92 Å². The molecule has 0 aliphatic carbocycles. The summed E-state index contributed by atoms with van der Waals surface area (Å²) in [5.74, 6) is -1.88. The van der Waals surface area contributed by atoms with Gasteiger partial charge in [-0.1, -0.05) is 19.1 Å². The standard InChI is InChI=1S/C21H22F3N5O3/c1-11-6-8-29(9-7-11)20-27-17-16(19(32)28-20)12(10-15(30)26-17)18(31)25-14-5-3-2-4-13(14)21(22,23)24/h2-5,11-12H,6-10H2,1H3,(H,25,31)(H2,26,27,28,30,32). The predicted octanol–water partition coefficient (Wildman–Crippen LogP) is 3.09. The first-order valence-electron chi connectivity index (χ1n) is 10.3. The van der Waals surface area contributed by atoms with Gasteiger partial charge in [-0.2, -0.15) is 18.2 Å². The van der Waals surface area contributed by atoms with E-state index in [1.807, 2.05) is 4.90 Å². The molecule has 32 heavy (non-hydrogen) atoms. The molecule has 0 saturated carbocycles. The number of aromatic amines is 1. The first kappa shape index (κ1) is 21.8. The average Bonchev–Trinajstić information content (AvgIpc) is 2.73. The third kappa shape index (κ3) is 4.32. The van der Waals surface area contributed by atoms with Crippen LogP contribution in [0.25, 0.3) is 0 Å². The molecule has 2 aliphatic rings. The van der Waals surface area contributed by atoms with Crippen molar-refractivity contribution in [3.05, 3.63) is 45.7 Å². The van der Waals surface area contributed by atoms with Gasteiger partial charge in [-0.15, -0.1) is 0 Å². The maximum atomic E-state index is 13.3. The second kappa shape index (κ2) is 8.29. The third-order valence-corrected chi connectivity index (χ3v) is 5.83. The van der Waals surface area contributed by atoms with Crippen LogP contribution < -0.4 is 21.1 Å². The number of anilines is 3. The van der Waals surface area contributed by atoms with Crippen LogP contribution in [0.15, 0.2) is 29.1 Å². The molecule has 3 N–H and O–H groups in total. The van der Waals surface area contributed by atoms with E-state index in [0.29, 0.717) is 25.0 Å². The number of rotatable bonds is 3. The summed E-state index contributed by atoms with van der Waals surface area (Å²) in [7, 11) is 0. The van der Waals surface area contributed by atoms with Gasteiger partial charge in [0.05, 0.1) is 22.7 Å². The topological polar surface area (TPSA) is 107 Å². The monoisotopic (exact) mass is 449 g/mol. The number of aromatic nitrogens is 2. The van der Waals surface area contributed by atoms with Crippen molar-refractivity contribution in [3.63, 3.8) is 0 Å².